The summed E-state index contributed by atoms with van der Waals surface area (Å²) in [5, 5.41) is 7.03. The van der Waals surface area contributed by atoms with Gasteiger partial charge in [-0.3, -0.25) is 0 Å². The van der Waals surface area contributed by atoms with E-state index in [9.17, 15) is 0 Å². The fourth-order valence-electron chi connectivity index (χ4n) is 3.45. The highest BCUT2D eigenvalue weighted by Gasteiger charge is 2.42. The Kier molecular flexibility index (Phi) is 4.42. The summed E-state index contributed by atoms with van der Waals surface area (Å²) >= 11 is 18.8. The van der Waals surface area contributed by atoms with Crippen LogP contribution in [0.25, 0.3) is 0 Å². The van der Waals surface area contributed by atoms with Crippen LogP contribution in [0.5, 0.6) is 0 Å². The molecule has 0 N–H and O–H groups in total. The van der Waals surface area contributed by atoms with E-state index in [0.717, 1.165) is 29.4 Å². The van der Waals surface area contributed by atoms with Crippen LogP contribution in [0.3, 0.4) is 0 Å². The average Bonchev–Trinajstić information content (AvgIpc) is 2.66. The highest BCUT2D eigenvalue weighted by Crippen LogP contribution is 2.47. The maximum absolute atomic E-state index is 6.39. The molecule has 3 rings (SSSR count). The Morgan fingerprint density at radius 3 is 2.52 bits per heavy atom. The molecule has 1 heterocycles. The highest BCUT2D eigenvalue weighted by atomic mass is 35.5. The topological polar surface area (TPSA) is 6.48 Å². The maximum Gasteiger partial charge on any atom is 0.0554 e. The molecule has 0 bridgehead atoms. The number of hydrogen-bond donors (Lipinski definition) is 0. The molecule has 1 aliphatic heterocycles. The van der Waals surface area contributed by atoms with Crippen molar-refractivity contribution in [1.82, 2.24) is 10.0 Å². The zero-order valence-corrected chi connectivity index (χ0v) is 14.5. The molecule has 2 nitrogen and oxygen atoms in total. The van der Waals surface area contributed by atoms with Crippen LogP contribution in [0.2, 0.25) is 10.0 Å². The van der Waals surface area contributed by atoms with Crippen molar-refractivity contribution in [3.05, 3.63) is 44.5 Å². The lowest BCUT2D eigenvalue weighted by atomic mass is 9.74. The summed E-state index contributed by atoms with van der Waals surface area (Å²) in [5.74, 6) is 0.446. The van der Waals surface area contributed by atoms with Crippen molar-refractivity contribution in [2.75, 3.05) is 13.6 Å². The van der Waals surface area contributed by atoms with Crippen LogP contribution in [-0.2, 0) is 0 Å². The molecule has 2 aliphatic rings. The lowest BCUT2D eigenvalue weighted by Gasteiger charge is -2.47. The van der Waals surface area contributed by atoms with Gasteiger partial charge in [-0.2, -0.15) is 0 Å². The molecule has 1 aromatic rings. The second-order valence-corrected chi connectivity index (χ2v) is 7.08. The summed E-state index contributed by atoms with van der Waals surface area (Å²) in [6, 6.07) is 6.27. The first-order valence-electron chi connectivity index (χ1n) is 7.35. The number of nitrogens with zero attached hydrogens (tertiary/aromatic N) is 2. The van der Waals surface area contributed by atoms with E-state index in [1.807, 2.05) is 12.1 Å². The summed E-state index contributed by atoms with van der Waals surface area (Å²) in [6.45, 7) is 2.97. The van der Waals surface area contributed by atoms with Crippen LogP contribution in [0.15, 0.2) is 28.9 Å². The molecule has 1 fully saturated rings. The van der Waals surface area contributed by atoms with E-state index in [-0.39, 0.29) is 0 Å². The van der Waals surface area contributed by atoms with Gasteiger partial charge in [-0.1, -0.05) is 47.8 Å². The summed E-state index contributed by atoms with van der Waals surface area (Å²) in [5.41, 5.74) is 2.45. The van der Waals surface area contributed by atoms with Gasteiger partial charge < -0.3 is 5.01 Å². The van der Waals surface area contributed by atoms with E-state index in [4.69, 9.17) is 34.8 Å². The number of allylic oxidation sites excluding steroid dienone is 1. The molecule has 5 heteroatoms. The molecule has 2 atom stereocenters. The number of hydrogen-bond acceptors (Lipinski definition) is 2. The van der Waals surface area contributed by atoms with Crippen molar-refractivity contribution in [2.45, 2.75) is 38.1 Å². The minimum atomic E-state index is 0.444. The van der Waals surface area contributed by atoms with Crippen LogP contribution >= 0.6 is 34.8 Å². The Hall–Kier alpha value is -0.410. The molecule has 0 aromatic heterocycles. The molecule has 21 heavy (non-hydrogen) atoms. The van der Waals surface area contributed by atoms with Crippen molar-refractivity contribution in [3.8, 4) is 0 Å². The molecule has 0 radical (unpaired) electrons. The molecule has 114 valence electrons. The van der Waals surface area contributed by atoms with Crippen LogP contribution in [0.1, 0.15) is 37.7 Å². The molecule has 1 aromatic carbocycles. The second kappa shape index (κ2) is 6.00. The van der Waals surface area contributed by atoms with Gasteiger partial charge in [0.05, 0.1) is 17.6 Å². The van der Waals surface area contributed by atoms with Gasteiger partial charge in [-0.25, -0.2) is 5.01 Å². The zero-order chi connectivity index (χ0) is 15.1. The molecule has 0 unspecified atom stereocenters. The fraction of sp³-hybridized carbons (Fsp3) is 0.500. The fourth-order valence-corrected chi connectivity index (χ4v) is 4.39. The minimum absolute atomic E-state index is 0.444. The summed E-state index contributed by atoms with van der Waals surface area (Å²) in [7, 11) is 2.10. The first kappa shape index (κ1) is 15.5. The van der Waals surface area contributed by atoms with Gasteiger partial charge in [0.15, 0.2) is 0 Å². The Labute approximate surface area is 141 Å². The van der Waals surface area contributed by atoms with Gasteiger partial charge in [0, 0.05) is 28.7 Å². The Bertz CT molecular complexity index is 585. The summed E-state index contributed by atoms with van der Waals surface area (Å²) < 4.78 is 0. The van der Waals surface area contributed by atoms with Crippen molar-refractivity contribution in [2.24, 2.45) is 0 Å². The smallest absolute Gasteiger partial charge is 0.0554 e. The Morgan fingerprint density at radius 1 is 1.19 bits per heavy atom. The first-order chi connectivity index (χ1) is 10.0. The van der Waals surface area contributed by atoms with Crippen molar-refractivity contribution >= 4 is 34.8 Å². The SMILES string of the molecule is CCC1=C(Cl)CN(C)N1[C@H]1CC[C@H]1c1ccc(Cl)cc1Cl. The van der Waals surface area contributed by atoms with E-state index >= 15 is 0 Å². The van der Waals surface area contributed by atoms with E-state index < -0.39 is 0 Å². The monoisotopic (exact) mass is 344 g/mol. The van der Waals surface area contributed by atoms with Gasteiger partial charge in [0.2, 0.25) is 0 Å². The van der Waals surface area contributed by atoms with Crippen molar-refractivity contribution in [1.29, 1.82) is 0 Å². The minimum Gasteiger partial charge on any atom is -0.305 e. The first-order valence-corrected chi connectivity index (χ1v) is 8.49. The third kappa shape index (κ3) is 2.68. The largest absolute Gasteiger partial charge is 0.305 e. The van der Waals surface area contributed by atoms with Crippen LogP contribution in [0, 0.1) is 0 Å². The molecule has 0 amide bonds. The van der Waals surface area contributed by atoms with E-state index in [1.54, 1.807) is 0 Å². The van der Waals surface area contributed by atoms with Crippen LogP contribution in [-0.4, -0.2) is 29.7 Å². The maximum atomic E-state index is 6.39. The quantitative estimate of drug-likeness (QED) is 0.737. The normalized spacial score (nSPS) is 26.4. The van der Waals surface area contributed by atoms with Crippen LogP contribution < -0.4 is 0 Å². The molecule has 1 aliphatic carbocycles. The number of rotatable bonds is 3. The highest BCUT2D eigenvalue weighted by molar-refractivity contribution is 6.35. The molecular formula is C16H19Cl3N2. The predicted molar refractivity (Wildman–Crippen MR) is 89.9 cm³/mol. The van der Waals surface area contributed by atoms with E-state index in [0.29, 0.717) is 17.0 Å². The lowest BCUT2D eigenvalue weighted by Crippen LogP contribution is -2.50. The van der Waals surface area contributed by atoms with Gasteiger partial charge in [-0.15, -0.1) is 0 Å². The van der Waals surface area contributed by atoms with Crippen molar-refractivity contribution < 1.29 is 0 Å². The molecular weight excluding hydrogens is 327 g/mol. The van der Waals surface area contributed by atoms with Gasteiger partial charge in [0.25, 0.3) is 0 Å². The second-order valence-electron chi connectivity index (χ2n) is 5.78. The van der Waals surface area contributed by atoms with E-state index in [2.05, 4.69) is 30.1 Å². The molecule has 0 spiro atoms. The number of halogens is 3. The van der Waals surface area contributed by atoms with Crippen LogP contribution in [0.4, 0.5) is 0 Å². The summed E-state index contributed by atoms with van der Waals surface area (Å²) in [4.78, 5) is 0. The number of hydrazine groups is 1. The third-order valence-corrected chi connectivity index (χ3v) is 5.47. The molecule has 1 saturated carbocycles. The average molecular weight is 346 g/mol. The summed E-state index contributed by atoms with van der Waals surface area (Å²) in [6.07, 6.45) is 3.29. The lowest BCUT2D eigenvalue weighted by molar-refractivity contribution is -0.0235. The van der Waals surface area contributed by atoms with E-state index in [1.165, 1.54) is 17.7 Å². The Morgan fingerprint density at radius 2 is 1.95 bits per heavy atom. The standard InChI is InChI=1S/C16H19Cl3N2/c1-3-15-14(19)9-20(2)21(15)16-7-6-12(16)11-5-4-10(17)8-13(11)18/h4-5,8,12,16H,3,6-7,9H2,1-2H3/t12-,16-/m0/s1. The number of benzene rings is 1. The predicted octanol–water partition coefficient (Wildman–Crippen LogP) is 5.26. The van der Waals surface area contributed by atoms with Gasteiger partial charge in [-0.05, 0) is 37.0 Å². The third-order valence-electron chi connectivity index (χ3n) is 4.57. The van der Waals surface area contributed by atoms with Gasteiger partial charge in [0.1, 0.15) is 0 Å². The Balaban J connectivity index is 1.87. The number of likely N-dealkylation sites (N-methyl/N-ethyl adjacent to an activating group) is 1. The van der Waals surface area contributed by atoms with Gasteiger partial charge >= 0.3 is 0 Å². The zero-order valence-electron chi connectivity index (χ0n) is 12.2. The van der Waals surface area contributed by atoms with Crippen molar-refractivity contribution in [3.63, 3.8) is 0 Å². The molecule has 0 saturated heterocycles.